The van der Waals surface area contributed by atoms with Crippen molar-refractivity contribution in [2.45, 2.75) is 6.10 Å². The molecular formula is C11H12N2O3S. The largest absolute Gasteiger partial charge is 0.479 e. The lowest BCUT2D eigenvalue weighted by molar-refractivity contribution is -0.0896. The summed E-state index contributed by atoms with van der Waals surface area (Å²) in [6.45, 7) is 1.85. The fourth-order valence-electron chi connectivity index (χ4n) is 1.90. The number of hydrogen-bond acceptors (Lipinski definition) is 6. The van der Waals surface area contributed by atoms with Crippen molar-refractivity contribution in [2.24, 2.45) is 0 Å². The standard InChI is InChI=1S/C11H12N2O3S/c1-14-11-9-10(17-6-13-9)7(4-12-11)8-5-15-2-3-16-8/h4,6,8H,2-3,5H2,1H3/t8-/m0/s1. The quantitative estimate of drug-likeness (QED) is 0.815. The molecule has 0 radical (unpaired) electrons. The van der Waals surface area contributed by atoms with E-state index < -0.39 is 0 Å². The third-order valence-corrected chi connectivity index (χ3v) is 3.58. The van der Waals surface area contributed by atoms with Crippen LogP contribution >= 0.6 is 11.3 Å². The smallest absolute Gasteiger partial charge is 0.241 e. The van der Waals surface area contributed by atoms with Crippen LogP contribution in [0.25, 0.3) is 10.2 Å². The highest BCUT2D eigenvalue weighted by Gasteiger charge is 2.22. The van der Waals surface area contributed by atoms with Gasteiger partial charge in [-0.2, -0.15) is 0 Å². The lowest BCUT2D eigenvalue weighted by Gasteiger charge is -2.23. The van der Waals surface area contributed by atoms with Crippen molar-refractivity contribution in [3.63, 3.8) is 0 Å². The van der Waals surface area contributed by atoms with Crippen molar-refractivity contribution in [3.05, 3.63) is 17.3 Å². The molecule has 0 saturated carbocycles. The second kappa shape index (κ2) is 4.56. The molecule has 1 fully saturated rings. The molecular weight excluding hydrogens is 240 g/mol. The Morgan fingerprint density at radius 3 is 3.12 bits per heavy atom. The van der Waals surface area contributed by atoms with E-state index in [4.69, 9.17) is 14.2 Å². The van der Waals surface area contributed by atoms with E-state index in [0.29, 0.717) is 25.7 Å². The van der Waals surface area contributed by atoms with E-state index in [1.54, 1.807) is 30.2 Å². The van der Waals surface area contributed by atoms with E-state index in [-0.39, 0.29) is 6.10 Å². The fourth-order valence-corrected chi connectivity index (χ4v) is 2.73. The molecule has 2 aromatic heterocycles. The van der Waals surface area contributed by atoms with Crippen LogP contribution in [0.15, 0.2) is 11.7 Å². The van der Waals surface area contributed by atoms with E-state index in [1.165, 1.54) is 0 Å². The topological polar surface area (TPSA) is 53.5 Å². The summed E-state index contributed by atoms with van der Waals surface area (Å²) in [6, 6.07) is 0. The molecule has 0 aliphatic carbocycles. The van der Waals surface area contributed by atoms with Gasteiger partial charge in [-0.1, -0.05) is 0 Å². The summed E-state index contributed by atoms with van der Waals surface area (Å²) >= 11 is 1.57. The van der Waals surface area contributed by atoms with Crippen molar-refractivity contribution >= 4 is 21.6 Å². The van der Waals surface area contributed by atoms with E-state index in [0.717, 1.165) is 15.8 Å². The summed E-state index contributed by atoms with van der Waals surface area (Å²) < 4.78 is 17.4. The minimum atomic E-state index is -0.0508. The molecule has 2 aromatic rings. The van der Waals surface area contributed by atoms with Gasteiger partial charge in [-0.3, -0.25) is 0 Å². The van der Waals surface area contributed by atoms with Gasteiger partial charge in [-0.15, -0.1) is 11.3 Å². The second-order valence-electron chi connectivity index (χ2n) is 3.69. The second-order valence-corrected chi connectivity index (χ2v) is 4.54. The van der Waals surface area contributed by atoms with E-state index in [2.05, 4.69) is 9.97 Å². The maximum Gasteiger partial charge on any atom is 0.241 e. The Morgan fingerprint density at radius 1 is 1.41 bits per heavy atom. The van der Waals surface area contributed by atoms with Crippen LogP contribution in [0.5, 0.6) is 5.88 Å². The average Bonchev–Trinajstić information content (AvgIpc) is 2.88. The Morgan fingerprint density at radius 2 is 2.35 bits per heavy atom. The monoisotopic (exact) mass is 252 g/mol. The van der Waals surface area contributed by atoms with Crippen LogP contribution in [0, 0.1) is 0 Å². The van der Waals surface area contributed by atoms with E-state index in [1.807, 2.05) is 0 Å². The number of pyridine rings is 1. The van der Waals surface area contributed by atoms with Gasteiger partial charge in [0.2, 0.25) is 5.88 Å². The molecule has 1 atom stereocenters. The summed E-state index contributed by atoms with van der Waals surface area (Å²) in [6.07, 6.45) is 1.74. The lowest BCUT2D eigenvalue weighted by atomic mass is 10.1. The highest BCUT2D eigenvalue weighted by atomic mass is 32.1. The van der Waals surface area contributed by atoms with Gasteiger partial charge in [0.1, 0.15) is 11.6 Å². The van der Waals surface area contributed by atoms with Crippen molar-refractivity contribution in [2.75, 3.05) is 26.9 Å². The van der Waals surface area contributed by atoms with Crippen LogP contribution in [-0.4, -0.2) is 36.9 Å². The molecule has 0 aromatic carbocycles. The third kappa shape index (κ3) is 1.88. The summed E-state index contributed by atoms with van der Waals surface area (Å²) in [5.74, 6) is 0.557. The molecule has 0 spiro atoms. The minimum Gasteiger partial charge on any atom is -0.479 e. The molecule has 0 bridgehead atoms. The Hall–Kier alpha value is -1.24. The van der Waals surface area contributed by atoms with E-state index >= 15 is 0 Å². The predicted molar refractivity (Wildman–Crippen MR) is 63.5 cm³/mol. The number of nitrogens with zero attached hydrogens (tertiary/aromatic N) is 2. The van der Waals surface area contributed by atoms with Gasteiger partial charge in [-0.25, -0.2) is 9.97 Å². The van der Waals surface area contributed by atoms with Gasteiger partial charge in [0.05, 0.1) is 37.1 Å². The first-order chi connectivity index (χ1) is 8.40. The summed E-state index contributed by atoms with van der Waals surface area (Å²) in [5.41, 5.74) is 3.62. The zero-order chi connectivity index (χ0) is 11.7. The molecule has 1 aliphatic heterocycles. The summed E-state index contributed by atoms with van der Waals surface area (Å²) in [5, 5.41) is 0. The Bertz CT molecular complexity index is 522. The normalized spacial score (nSPS) is 20.6. The lowest BCUT2D eigenvalue weighted by Crippen LogP contribution is -2.22. The number of ether oxygens (including phenoxy) is 3. The number of hydrogen-bond donors (Lipinski definition) is 0. The Kier molecular flexibility index (Phi) is 2.92. The zero-order valence-electron chi connectivity index (χ0n) is 9.38. The maximum atomic E-state index is 5.69. The summed E-state index contributed by atoms with van der Waals surface area (Å²) in [4.78, 5) is 8.54. The van der Waals surface area contributed by atoms with Crippen molar-refractivity contribution in [1.29, 1.82) is 0 Å². The molecule has 6 heteroatoms. The SMILES string of the molecule is COc1ncc([C@@H]2COCCO2)c2scnc12. The first kappa shape index (κ1) is 10.9. The first-order valence-electron chi connectivity index (χ1n) is 5.35. The molecule has 0 N–H and O–H groups in total. The van der Waals surface area contributed by atoms with Gasteiger partial charge in [0.15, 0.2) is 0 Å². The highest BCUT2D eigenvalue weighted by Crippen LogP contribution is 2.33. The van der Waals surface area contributed by atoms with Gasteiger partial charge >= 0.3 is 0 Å². The van der Waals surface area contributed by atoms with E-state index in [9.17, 15) is 0 Å². The van der Waals surface area contributed by atoms with Crippen LogP contribution in [0.4, 0.5) is 0 Å². The Labute approximate surface area is 102 Å². The fraction of sp³-hybridized carbons (Fsp3) is 0.455. The van der Waals surface area contributed by atoms with Gasteiger partial charge < -0.3 is 14.2 Å². The van der Waals surface area contributed by atoms with Gasteiger partial charge in [-0.05, 0) is 0 Å². The van der Waals surface area contributed by atoms with Crippen LogP contribution in [0.2, 0.25) is 0 Å². The summed E-state index contributed by atoms with van der Waals surface area (Å²) in [7, 11) is 1.60. The molecule has 1 saturated heterocycles. The predicted octanol–water partition coefficient (Wildman–Crippen LogP) is 1.79. The average molecular weight is 252 g/mol. The zero-order valence-corrected chi connectivity index (χ0v) is 10.2. The van der Waals surface area contributed by atoms with Crippen LogP contribution in [0.1, 0.15) is 11.7 Å². The molecule has 1 aliphatic rings. The third-order valence-electron chi connectivity index (χ3n) is 2.71. The number of methoxy groups -OCH3 is 1. The number of rotatable bonds is 2. The maximum absolute atomic E-state index is 5.69. The minimum absolute atomic E-state index is 0.0508. The van der Waals surface area contributed by atoms with Gasteiger partial charge in [0.25, 0.3) is 0 Å². The molecule has 0 amide bonds. The van der Waals surface area contributed by atoms with Crippen LogP contribution < -0.4 is 4.74 Å². The van der Waals surface area contributed by atoms with Crippen molar-refractivity contribution in [3.8, 4) is 5.88 Å². The molecule has 17 heavy (non-hydrogen) atoms. The van der Waals surface area contributed by atoms with Crippen molar-refractivity contribution in [1.82, 2.24) is 9.97 Å². The van der Waals surface area contributed by atoms with Crippen LogP contribution in [0.3, 0.4) is 0 Å². The molecule has 3 rings (SSSR count). The van der Waals surface area contributed by atoms with Crippen LogP contribution in [-0.2, 0) is 9.47 Å². The Balaban J connectivity index is 2.07. The number of aromatic nitrogens is 2. The number of thiazole rings is 1. The van der Waals surface area contributed by atoms with Gasteiger partial charge in [0, 0.05) is 11.8 Å². The molecule has 90 valence electrons. The molecule has 3 heterocycles. The molecule has 5 nitrogen and oxygen atoms in total. The number of fused-ring (bicyclic) bond motifs is 1. The van der Waals surface area contributed by atoms with Crippen molar-refractivity contribution < 1.29 is 14.2 Å². The molecule has 0 unspecified atom stereocenters. The first-order valence-corrected chi connectivity index (χ1v) is 6.23. The highest BCUT2D eigenvalue weighted by molar-refractivity contribution is 7.17.